The largest absolute Gasteiger partial charge is 0.280 e. The first-order chi connectivity index (χ1) is 8.49. The molecule has 9 heteroatoms. The highest BCUT2D eigenvalue weighted by Crippen LogP contribution is 2.19. The van der Waals surface area contributed by atoms with Crippen molar-refractivity contribution in [3.8, 4) is 0 Å². The van der Waals surface area contributed by atoms with Crippen molar-refractivity contribution in [3.63, 3.8) is 0 Å². The molecule has 18 heavy (non-hydrogen) atoms. The van der Waals surface area contributed by atoms with Gasteiger partial charge < -0.3 is 0 Å². The Morgan fingerprint density at radius 1 is 1.44 bits per heavy atom. The molecule has 1 fully saturated rings. The van der Waals surface area contributed by atoms with Crippen LogP contribution < -0.4 is 4.72 Å². The van der Waals surface area contributed by atoms with Crippen molar-refractivity contribution in [3.05, 3.63) is 5.82 Å². The summed E-state index contributed by atoms with van der Waals surface area (Å²) in [5.41, 5.74) is 0. The van der Waals surface area contributed by atoms with E-state index < -0.39 is 16.3 Å². The van der Waals surface area contributed by atoms with Crippen LogP contribution >= 0.6 is 0 Å². The second kappa shape index (κ2) is 5.29. The van der Waals surface area contributed by atoms with E-state index in [4.69, 9.17) is 0 Å². The molecular formula is C9H18N6O2S. The molecule has 0 aliphatic carbocycles. The van der Waals surface area contributed by atoms with E-state index in [9.17, 15) is 8.42 Å². The monoisotopic (exact) mass is 274 g/mol. The highest BCUT2D eigenvalue weighted by Gasteiger charge is 2.28. The van der Waals surface area contributed by atoms with Crippen LogP contribution in [0.15, 0.2) is 0 Å². The number of tetrazole rings is 1. The Morgan fingerprint density at radius 3 is 2.67 bits per heavy atom. The van der Waals surface area contributed by atoms with Gasteiger partial charge in [-0.1, -0.05) is 12.1 Å². The van der Waals surface area contributed by atoms with Gasteiger partial charge in [0.25, 0.3) is 10.2 Å². The zero-order valence-corrected chi connectivity index (χ0v) is 11.3. The Kier molecular flexibility index (Phi) is 3.93. The van der Waals surface area contributed by atoms with Crippen molar-refractivity contribution < 1.29 is 8.42 Å². The fourth-order valence-corrected chi connectivity index (χ4v) is 3.32. The molecule has 0 amide bonds. The van der Waals surface area contributed by atoms with E-state index in [0.29, 0.717) is 24.8 Å². The van der Waals surface area contributed by atoms with Gasteiger partial charge in [0.15, 0.2) is 5.82 Å². The maximum atomic E-state index is 12.1. The molecule has 1 aromatic heterocycles. The van der Waals surface area contributed by atoms with Crippen LogP contribution in [0.4, 0.5) is 0 Å². The van der Waals surface area contributed by atoms with Crippen LogP contribution in [-0.2, 0) is 10.2 Å². The summed E-state index contributed by atoms with van der Waals surface area (Å²) in [6, 6.07) is -0.492. The van der Waals surface area contributed by atoms with Gasteiger partial charge in [-0.05, 0) is 25.7 Å². The third-order valence-electron chi connectivity index (χ3n) is 3.16. The number of nitrogens with one attached hydrogen (secondary N) is 2. The van der Waals surface area contributed by atoms with E-state index in [-0.39, 0.29) is 0 Å². The summed E-state index contributed by atoms with van der Waals surface area (Å²) < 4.78 is 28.3. The van der Waals surface area contributed by atoms with Gasteiger partial charge in [0.1, 0.15) is 0 Å². The lowest BCUT2D eigenvalue weighted by molar-refractivity contribution is 0.283. The summed E-state index contributed by atoms with van der Waals surface area (Å²) in [4.78, 5) is 0. The van der Waals surface area contributed by atoms with Gasteiger partial charge in [0.2, 0.25) is 0 Å². The van der Waals surface area contributed by atoms with E-state index in [0.717, 1.165) is 12.8 Å². The smallest absolute Gasteiger partial charge is 0.195 e. The minimum Gasteiger partial charge on any atom is -0.195 e. The van der Waals surface area contributed by atoms with Crippen LogP contribution in [-0.4, -0.2) is 46.4 Å². The molecular weight excluding hydrogens is 256 g/mol. The molecule has 1 atom stereocenters. The summed E-state index contributed by atoms with van der Waals surface area (Å²) in [6.07, 6.45) is 1.80. The predicted octanol–water partition coefficient (Wildman–Crippen LogP) is -0.173. The first-order valence-electron chi connectivity index (χ1n) is 6.00. The number of aromatic nitrogens is 4. The number of nitrogens with zero attached hydrogens (tertiary/aromatic N) is 4. The summed E-state index contributed by atoms with van der Waals surface area (Å²) in [7, 11) is -3.47. The van der Waals surface area contributed by atoms with Crippen LogP contribution in [0.1, 0.15) is 38.6 Å². The average Bonchev–Trinajstić information content (AvgIpc) is 2.82. The Hall–Kier alpha value is -1.06. The Morgan fingerprint density at radius 2 is 2.11 bits per heavy atom. The molecule has 1 unspecified atom stereocenters. The Labute approximate surface area is 106 Å². The van der Waals surface area contributed by atoms with Gasteiger partial charge >= 0.3 is 0 Å². The maximum Gasteiger partial charge on any atom is 0.280 e. The van der Waals surface area contributed by atoms with Gasteiger partial charge in [0.05, 0.1) is 6.04 Å². The van der Waals surface area contributed by atoms with Crippen molar-refractivity contribution in [1.29, 1.82) is 0 Å². The van der Waals surface area contributed by atoms with Crippen LogP contribution in [0.3, 0.4) is 0 Å². The molecule has 2 heterocycles. The predicted molar refractivity (Wildman–Crippen MR) is 64.6 cm³/mol. The van der Waals surface area contributed by atoms with Gasteiger partial charge in [-0.15, -0.1) is 10.2 Å². The topological polar surface area (TPSA) is 104 Å². The van der Waals surface area contributed by atoms with Crippen LogP contribution in [0.5, 0.6) is 0 Å². The normalized spacial score (nSPS) is 21.0. The number of hydrogen-bond donors (Lipinski definition) is 2. The third kappa shape index (κ3) is 3.03. The van der Waals surface area contributed by atoms with Gasteiger partial charge in [-0.2, -0.15) is 22.7 Å². The van der Waals surface area contributed by atoms with Crippen LogP contribution in [0.25, 0.3) is 0 Å². The molecule has 1 aromatic rings. The summed E-state index contributed by atoms with van der Waals surface area (Å²) in [5.74, 6) is 0.926. The number of piperidine rings is 1. The quantitative estimate of drug-likeness (QED) is 0.793. The lowest BCUT2D eigenvalue weighted by Gasteiger charge is -2.30. The molecule has 1 saturated heterocycles. The molecule has 0 radical (unpaired) electrons. The van der Waals surface area contributed by atoms with Crippen molar-refractivity contribution in [2.45, 2.75) is 32.7 Å². The molecule has 1 aliphatic heterocycles. The number of H-pyrrole nitrogens is 1. The van der Waals surface area contributed by atoms with Crippen molar-refractivity contribution >= 4 is 10.2 Å². The van der Waals surface area contributed by atoms with E-state index in [2.05, 4.69) is 32.3 Å². The van der Waals surface area contributed by atoms with Crippen LogP contribution in [0, 0.1) is 5.92 Å². The number of aromatic amines is 1. The molecule has 2 rings (SSSR count). The first kappa shape index (κ1) is 13.4. The molecule has 0 spiro atoms. The Balaban J connectivity index is 1.99. The van der Waals surface area contributed by atoms with E-state index in [1.807, 2.05) is 0 Å². The van der Waals surface area contributed by atoms with Crippen LogP contribution in [0.2, 0.25) is 0 Å². The molecule has 1 aliphatic rings. The SMILES string of the molecule is CC1CCN(S(=O)(=O)NC(C)c2nn[nH]n2)CC1. The summed E-state index contributed by atoms with van der Waals surface area (Å²) >= 11 is 0. The van der Waals surface area contributed by atoms with Gasteiger partial charge in [-0.3, -0.25) is 0 Å². The van der Waals surface area contributed by atoms with Crippen molar-refractivity contribution in [2.75, 3.05) is 13.1 Å². The Bertz CT molecular complexity index is 465. The minimum atomic E-state index is -3.47. The van der Waals surface area contributed by atoms with E-state index in [1.165, 1.54) is 4.31 Å². The standard InChI is InChI=1S/C9H18N6O2S/c1-7-3-5-15(6-4-7)18(16,17)12-8(2)9-10-13-14-11-9/h7-8,12H,3-6H2,1-2H3,(H,10,11,13,14). The van der Waals surface area contributed by atoms with Gasteiger partial charge in [-0.25, -0.2) is 0 Å². The highest BCUT2D eigenvalue weighted by atomic mass is 32.2. The molecule has 0 aromatic carbocycles. The van der Waals surface area contributed by atoms with E-state index >= 15 is 0 Å². The molecule has 102 valence electrons. The summed E-state index contributed by atoms with van der Waals surface area (Å²) in [5, 5.41) is 13.2. The first-order valence-corrected chi connectivity index (χ1v) is 7.44. The lowest BCUT2D eigenvalue weighted by Crippen LogP contribution is -2.45. The summed E-state index contributed by atoms with van der Waals surface area (Å²) in [6.45, 7) is 4.96. The molecule has 8 nitrogen and oxygen atoms in total. The van der Waals surface area contributed by atoms with Crippen molar-refractivity contribution in [2.24, 2.45) is 5.92 Å². The third-order valence-corrected chi connectivity index (χ3v) is 4.85. The maximum absolute atomic E-state index is 12.1. The average molecular weight is 274 g/mol. The van der Waals surface area contributed by atoms with Gasteiger partial charge in [0, 0.05) is 13.1 Å². The number of hydrogen-bond acceptors (Lipinski definition) is 5. The van der Waals surface area contributed by atoms with Crippen molar-refractivity contribution in [1.82, 2.24) is 29.7 Å². The lowest BCUT2D eigenvalue weighted by atomic mass is 10.0. The zero-order chi connectivity index (χ0) is 13.2. The second-order valence-corrected chi connectivity index (χ2v) is 6.40. The molecule has 2 N–H and O–H groups in total. The second-order valence-electron chi connectivity index (χ2n) is 4.70. The number of rotatable bonds is 4. The molecule has 0 bridgehead atoms. The highest BCUT2D eigenvalue weighted by molar-refractivity contribution is 7.87. The zero-order valence-electron chi connectivity index (χ0n) is 10.5. The fraction of sp³-hybridized carbons (Fsp3) is 0.889. The minimum absolute atomic E-state index is 0.337. The van der Waals surface area contributed by atoms with E-state index in [1.54, 1.807) is 6.92 Å². The molecule has 0 saturated carbocycles. The fourth-order valence-electron chi connectivity index (χ4n) is 1.93.